The first-order chi connectivity index (χ1) is 8.41. The van der Waals surface area contributed by atoms with E-state index in [1.165, 1.54) is 6.42 Å². The lowest BCUT2D eigenvalue weighted by atomic mass is 9.89. The number of carbonyl (C=O) groups excluding carboxylic acids is 1. The van der Waals surface area contributed by atoms with Crippen LogP contribution in [0.3, 0.4) is 0 Å². The van der Waals surface area contributed by atoms with Crippen molar-refractivity contribution in [3.05, 3.63) is 0 Å². The van der Waals surface area contributed by atoms with E-state index < -0.39 is 0 Å². The Morgan fingerprint density at radius 3 is 2.33 bits per heavy atom. The number of ether oxygens (including phenoxy) is 2. The largest absolute Gasteiger partial charge is 0.463 e. The molecular weight excluding hydrogens is 228 g/mol. The van der Waals surface area contributed by atoms with Gasteiger partial charge in [0.25, 0.3) is 0 Å². The maximum absolute atomic E-state index is 11.8. The number of rotatable bonds is 5. The third-order valence-electron chi connectivity index (χ3n) is 3.85. The molecule has 1 atom stereocenters. The molecule has 106 valence electrons. The molecule has 1 unspecified atom stereocenters. The molecule has 1 aliphatic carbocycles. The Labute approximate surface area is 111 Å². The molecule has 0 bridgehead atoms. The van der Waals surface area contributed by atoms with Gasteiger partial charge in [0.05, 0.1) is 18.6 Å². The zero-order valence-electron chi connectivity index (χ0n) is 12.3. The van der Waals surface area contributed by atoms with Crippen molar-refractivity contribution in [1.82, 2.24) is 0 Å². The van der Waals surface area contributed by atoms with Crippen LogP contribution in [0.25, 0.3) is 0 Å². The second kappa shape index (κ2) is 7.13. The van der Waals surface area contributed by atoms with E-state index in [1.807, 2.05) is 0 Å². The first kappa shape index (κ1) is 15.5. The van der Waals surface area contributed by atoms with E-state index in [2.05, 4.69) is 27.7 Å². The van der Waals surface area contributed by atoms with Gasteiger partial charge in [-0.15, -0.1) is 0 Å². The summed E-state index contributed by atoms with van der Waals surface area (Å²) in [5.74, 6) is 0.112. The number of esters is 1. The van der Waals surface area contributed by atoms with Gasteiger partial charge in [0.1, 0.15) is 6.61 Å². The average molecular weight is 256 g/mol. The molecule has 0 amide bonds. The molecule has 1 aliphatic rings. The third kappa shape index (κ3) is 5.38. The average Bonchev–Trinajstić information content (AvgIpc) is 2.34. The summed E-state index contributed by atoms with van der Waals surface area (Å²) < 4.78 is 10.9. The first-order valence-electron chi connectivity index (χ1n) is 7.19. The van der Waals surface area contributed by atoms with E-state index in [1.54, 1.807) is 0 Å². The molecular formula is C15H28O3. The van der Waals surface area contributed by atoms with Crippen molar-refractivity contribution in [2.75, 3.05) is 13.2 Å². The summed E-state index contributed by atoms with van der Waals surface area (Å²) in [6.07, 6.45) is 5.76. The fourth-order valence-corrected chi connectivity index (χ4v) is 2.07. The Hall–Kier alpha value is -0.570. The van der Waals surface area contributed by atoms with Gasteiger partial charge in [0.15, 0.2) is 0 Å². The Balaban J connectivity index is 2.12. The van der Waals surface area contributed by atoms with Crippen LogP contribution in [0.5, 0.6) is 0 Å². The fraction of sp³-hybridized carbons (Fsp3) is 0.933. The highest BCUT2D eigenvalue weighted by Crippen LogP contribution is 2.24. The van der Waals surface area contributed by atoms with Gasteiger partial charge in [-0.25, -0.2) is 0 Å². The standard InChI is InChI=1S/C15H28O3/c1-12(15(2,3)4)17-10-11-18-14(16)13-8-6-5-7-9-13/h12-13H,5-11H2,1-4H3. The maximum Gasteiger partial charge on any atom is 0.309 e. The minimum absolute atomic E-state index is 0.0262. The summed E-state index contributed by atoms with van der Waals surface area (Å²) in [4.78, 5) is 11.8. The van der Waals surface area contributed by atoms with Crippen LogP contribution in [-0.4, -0.2) is 25.3 Å². The first-order valence-corrected chi connectivity index (χ1v) is 7.19. The molecule has 1 fully saturated rings. The molecule has 0 aromatic heterocycles. The van der Waals surface area contributed by atoms with Crippen molar-refractivity contribution >= 4 is 5.97 Å². The molecule has 0 spiro atoms. The summed E-state index contributed by atoms with van der Waals surface area (Å²) in [7, 11) is 0. The highest BCUT2D eigenvalue weighted by atomic mass is 16.6. The molecule has 1 rings (SSSR count). The lowest BCUT2D eigenvalue weighted by molar-refractivity contribution is -0.152. The summed E-state index contributed by atoms with van der Waals surface area (Å²) in [6, 6.07) is 0. The Morgan fingerprint density at radius 2 is 1.78 bits per heavy atom. The molecule has 0 aromatic carbocycles. The second-order valence-electron chi connectivity index (χ2n) is 6.38. The van der Waals surface area contributed by atoms with Gasteiger partial charge in [-0.3, -0.25) is 4.79 Å². The van der Waals surface area contributed by atoms with Crippen LogP contribution in [0, 0.1) is 11.3 Å². The van der Waals surface area contributed by atoms with Crippen LogP contribution in [0.2, 0.25) is 0 Å². The van der Waals surface area contributed by atoms with Crippen LogP contribution in [-0.2, 0) is 14.3 Å². The Bertz CT molecular complexity index is 249. The SMILES string of the molecule is CC(OCCOC(=O)C1CCCCC1)C(C)(C)C. The van der Waals surface area contributed by atoms with E-state index in [-0.39, 0.29) is 23.4 Å². The monoisotopic (exact) mass is 256 g/mol. The van der Waals surface area contributed by atoms with Gasteiger partial charge in [-0.2, -0.15) is 0 Å². The van der Waals surface area contributed by atoms with E-state index in [0.29, 0.717) is 13.2 Å². The summed E-state index contributed by atoms with van der Waals surface area (Å²) in [5, 5.41) is 0. The lowest BCUT2D eigenvalue weighted by Crippen LogP contribution is -2.28. The van der Waals surface area contributed by atoms with Gasteiger partial charge in [0.2, 0.25) is 0 Å². The predicted molar refractivity (Wildman–Crippen MR) is 72.4 cm³/mol. The summed E-state index contributed by atoms with van der Waals surface area (Å²) >= 11 is 0. The van der Waals surface area contributed by atoms with Crippen LogP contribution in [0.1, 0.15) is 59.8 Å². The van der Waals surface area contributed by atoms with Crippen LogP contribution < -0.4 is 0 Å². The van der Waals surface area contributed by atoms with Crippen LogP contribution in [0.4, 0.5) is 0 Å². The fourth-order valence-electron chi connectivity index (χ4n) is 2.07. The van der Waals surface area contributed by atoms with E-state index in [9.17, 15) is 4.79 Å². The van der Waals surface area contributed by atoms with Gasteiger partial charge < -0.3 is 9.47 Å². The Morgan fingerprint density at radius 1 is 1.17 bits per heavy atom. The predicted octanol–water partition coefficient (Wildman–Crippen LogP) is 3.56. The molecule has 0 saturated heterocycles. The van der Waals surface area contributed by atoms with E-state index in [0.717, 1.165) is 25.7 Å². The van der Waals surface area contributed by atoms with Gasteiger partial charge in [-0.1, -0.05) is 40.0 Å². The smallest absolute Gasteiger partial charge is 0.309 e. The van der Waals surface area contributed by atoms with Crippen molar-refractivity contribution in [1.29, 1.82) is 0 Å². The highest BCUT2D eigenvalue weighted by Gasteiger charge is 2.23. The lowest BCUT2D eigenvalue weighted by Gasteiger charge is -2.27. The minimum Gasteiger partial charge on any atom is -0.463 e. The Kier molecular flexibility index (Phi) is 6.13. The van der Waals surface area contributed by atoms with E-state index >= 15 is 0 Å². The third-order valence-corrected chi connectivity index (χ3v) is 3.85. The molecule has 0 aromatic rings. The molecule has 18 heavy (non-hydrogen) atoms. The summed E-state index contributed by atoms with van der Waals surface area (Å²) in [5.41, 5.74) is 0.132. The van der Waals surface area contributed by atoms with Crippen molar-refractivity contribution in [3.8, 4) is 0 Å². The molecule has 0 N–H and O–H groups in total. The highest BCUT2D eigenvalue weighted by molar-refractivity contribution is 5.72. The molecule has 1 saturated carbocycles. The quantitative estimate of drug-likeness (QED) is 0.557. The maximum atomic E-state index is 11.8. The van der Waals surface area contributed by atoms with Gasteiger partial charge in [0, 0.05) is 0 Å². The van der Waals surface area contributed by atoms with E-state index in [4.69, 9.17) is 9.47 Å². The molecule has 0 heterocycles. The second-order valence-corrected chi connectivity index (χ2v) is 6.38. The zero-order valence-corrected chi connectivity index (χ0v) is 12.3. The van der Waals surface area contributed by atoms with Crippen molar-refractivity contribution in [2.45, 2.75) is 65.9 Å². The summed E-state index contributed by atoms with van der Waals surface area (Å²) in [6.45, 7) is 9.37. The van der Waals surface area contributed by atoms with Gasteiger partial charge in [-0.05, 0) is 25.2 Å². The number of carbonyl (C=O) groups is 1. The van der Waals surface area contributed by atoms with Gasteiger partial charge >= 0.3 is 5.97 Å². The minimum atomic E-state index is -0.0262. The topological polar surface area (TPSA) is 35.5 Å². The van der Waals surface area contributed by atoms with Crippen LogP contribution >= 0.6 is 0 Å². The molecule has 0 aliphatic heterocycles. The van der Waals surface area contributed by atoms with Crippen LogP contribution in [0.15, 0.2) is 0 Å². The van der Waals surface area contributed by atoms with Crippen molar-refractivity contribution < 1.29 is 14.3 Å². The zero-order chi connectivity index (χ0) is 13.6. The number of hydrogen-bond acceptors (Lipinski definition) is 3. The molecule has 3 nitrogen and oxygen atoms in total. The molecule has 0 radical (unpaired) electrons. The molecule has 3 heteroatoms. The normalized spacial score (nSPS) is 19.6. The number of hydrogen-bond donors (Lipinski definition) is 0. The van der Waals surface area contributed by atoms with Crippen molar-refractivity contribution in [3.63, 3.8) is 0 Å². The van der Waals surface area contributed by atoms with Crippen molar-refractivity contribution in [2.24, 2.45) is 11.3 Å².